The molecule has 0 unspecified atom stereocenters. The number of fused-ring (bicyclic) bond motifs is 1. The summed E-state index contributed by atoms with van der Waals surface area (Å²) >= 11 is 0. The first-order valence-electron chi connectivity index (χ1n) is 8.45. The van der Waals surface area contributed by atoms with E-state index in [1.165, 1.54) is 11.3 Å². The topological polar surface area (TPSA) is 41.6 Å². The highest BCUT2D eigenvalue weighted by molar-refractivity contribution is 6.06. The summed E-state index contributed by atoms with van der Waals surface area (Å²) in [4.78, 5) is 14.9. The maximum absolute atomic E-state index is 12.6. The van der Waals surface area contributed by atoms with Crippen molar-refractivity contribution < 1.29 is 9.53 Å². The van der Waals surface area contributed by atoms with Crippen molar-refractivity contribution in [1.29, 1.82) is 0 Å². The smallest absolute Gasteiger partial charge is 0.259 e. The molecule has 1 amide bonds. The van der Waals surface area contributed by atoms with E-state index in [1.54, 1.807) is 6.07 Å². The first kappa shape index (κ1) is 16.4. The minimum absolute atomic E-state index is 0.0261. The van der Waals surface area contributed by atoms with Crippen molar-refractivity contribution in [2.75, 3.05) is 23.8 Å². The summed E-state index contributed by atoms with van der Waals surface area (Å²) in [5, 5.41) is 3.00. The molecule has 1 aliphatic rings. The molecule has 4 nitrogen and oxygen atoms in total. The van der Waals surface area contributed by atoms with Gasteiger partial charge in [-0.05, 0) is 62.6 Å². The van der Waals surface area contributed by atoms with Gasteiger partial charge in [0.1, 0.15) is 5.75 Å². The van der Waals surface area contributed by atoms with E-state index in [4.69, 9.17) is 4.74 Å². The number of carbonyl (C=O) groups excluding carboxylic acids is 1. The van der Waals surface area contributed by atoms with Crippen LogP contribution in [-0.4, -0.2) is 25.6 Å². The van der Waals surface area contributed by atoms with Gasteiger partial charge in [0.25, 0.3) is 5.91 Å². The van der Waals surface area contributed by atoms with Crippen molar-refractivity contribution in [2.24, 2.45) is 0 Å². The number of nitrogens with zero attached hydrogens (tertiary/aromatic N) is 1. The Morgan fingerprint density at radius 1 is 1.21 bits per heavy atom. The Balaban J connectivity index is 1.81. The van der Waals surface area contributed by atoms with Gasteiger partial charge < -0.3 is 15.0 Å². The zero-order chi connectivity index (χ0) is 17.1. The zero-order valence-corrected chi connectivity index (χ0v) is 14.5. The van der Waals surface area contributed by atoms with Gasteiger partial charge in [0, 0.05) is 25.0 Å². The summed E-state index contributed by atoms with van der Waals surface area (Å²) < 4.78 is 5.74. The van der Waals surface area contributed by atoms with Gasteiger partial charge >= 0.3 is 0 Å². The molecule has 0 radical (unpaired) electrons. The van der Waals surface area contributed by atoms with Gasteiger partial charge in [-0.1, -0.05) is 12.1 Å². The molecule has 0 aliphatic carbocycles. The molecule has 1 aliphatic heterocycles. The van der Waals surface area contributed by atoms with Gasteiger partial charge in [-0.15, -0.1) is 0 Å². The summed E-state index contributed by atoms with van der Waals surface area (Å²) in [5.41, 5.74) is 3.92. The molecule has 2 aromatic carbocycles. The Kier molecular flexibility index (Phi) is 4.74. The highest BCUT2D eigenvalue weighted by Gasteiger charge is 2.16. The fourth-order valence-electron chi connectivity index (χ4n) is 3.07. The summed E-state index contributed by atoms with van der Waals surface area (Å²) in [6, 6.07) is 13.5. The molecule has 0 saturated carbocycles. The predicted molar refractivity (Wildman–Crippen MR) is 98.2 cm³/mol. The molecule has 3 rings (SSSR count). The lowest BCUT2D eigenvalue weighted by atomic mass is 10.0. The summed E-state index contributed by atoms with van der Waals surface area (Å²) in [5.74, 6) is 0.470. The average Bonchev–Trinajstić information content (AvgIpc) is 2.55. The van der Waals surface area contributed by atoms with Gasteiger partial charge in [-0.25, -0.2) is 0 Å². The molecule has 0 bridgehead atoms. The lowest BCUT2D eigenvalue weighted by Crippen LogP contribution is -2.24. The number of nitrogens with one attached hydrogen (secondary N) is 1. The van der Waals surface area contributed by atoms with Crippen LogP contribution in [0.3, 0.4) is 0 Å². The van der Waals surface area contributed by atoms with Crippen LogP contribution >= 0.6 is 0 Å². The van der Waals surface area contributed by atoms with Gasteiger partial charge in [-0.2, -0.15) is 0 Å². The second-order valence-corrected chi connectivity index (χ2v) is 6.49. The van der Waals surface area contributed by atoms with E-state index < -0.39 is 0 Å². The Morgan fingerprint density at radius 3 is 2.79 bits per heavy atom. The quantitative estimate of drug-likeness (QED) is 0.920. The highest BCUT2D eigenvalue weighted by atomic mass is 16.5. The maximum atomic E-state index is 12.6. The first-order valence-corrected chi connectivity index (χ1v) is 8.45. The van der Waals surface area contributed by atoms with Crippen LogP contribution in [0.4, 0.5) is 11.4 Å². The Morgan fingerprint density at radius 2 is 2.00 bits per heavy atom. The largest absolute Gasteiger partial charge is 0.490 e. The van der Waals surface area contributed by atoms with E-state index in [-0.39, 0.29) is 12.0 Å². The van der Waals surface area contributed by atoms with Crippen molar-refractivity contribution in [3.63, 3.8) is 0 Å². The second kappa shape index (κ2) is 6.95. The van der Waals surface area contributed by atoms with Crippen LogP contribution in [0.5, 0.6) is 5.75 Å². The third-order valence-electron chi connectivity index (χ3n) is 4.18. The summed E-state index contributed by atoms with van der Waals surface area (Å²) in [6.45, 7) is 4.99. The molecule has 126 valence electrons. The Bertz CT molecular complexity index is 740. The number of anilines is 2. The number of aryl methyl sites for hydroxylation is 1. The minimum atomic E-state index is -0.143. The SMILES string of the molecule is CC(C)Oc1ccccc1C(=O)Nc1ccc2c(c1)CCCN2C. The summed E-state index contributed by atoms with van der Waals surface area (Å²) in [7, 11) is 2.11. The third-order valence-corrected chi connectivity index (χ3v) is 4.18. The lowest BCUT2D eigenvalue weighted by molar-refractivity contribution is 0.102. The maximum Gasteiger partial charge on any atom is 0.259 e. The number of benzene rings is 2. The molecular weight excluding hydrogens is 300 g/mol. The molecule has 0 aromatic heterocycles. The number of hydrogen-bond donors (Lipinski definition) is 1. The number of ether oxygens (including phenoxy) is 1. The van der Waals surface area contributed by atoms with E-state index in [0.29, 0.717) is 11.3 Å². The minimum Gasteiger partial charge on any atom is -0.490 e. The predicted octanol–water partition coefficient (Wildman–Crippen LogP) is 4.11. The molecular formula is C20H24N2O2. The van der Waals surface area contributed by atoms with E-state index in [2.05, 4.69) is 29.4 Å². The molecule has 0 spiro atoms. The van der Waals surface area contributed by atoms with Crippen LogP contribution in [0.15, 0.2) is 42.5 Å². The average molecular weight is 324 g/mol. The monoisotopic (exact) mass is 324 g/mol. The first-order chi connectivity index (χ1) is 11.5. The van der Waals surface area contributed by atoms with Crippen molar-refractivity contribution >= 4 is 17.3 Å². The molecule has 1 N–H and O–H groups in total. The van der Waals surface area contributed by atoms with Gasteiger partial charge in [0.05, 0.1) is 11.7 Å². The Labute approximate surface area is 143 Å². The molecule has 0 saturated heterocycles. The van der Waals surface area contributed by atoms with Crippen molar-refractivity contribution in [3.8, 4) is 5.75 Å². The fraction of sp³-hybridized carbons (Fsp3) is 0.350. The number of carbonyl (C=O) groups is 1. The summed E-state index contributed by atoms with van der Waals surface area (Å²) in [6.07, 6.45) is 2.22. The van der Waals surface area contributed by atoms with Crippen LogP contribution in [0.2, 0.25) is 0 Å². The van der Waals surface area contributed by atoms with Gasteiger partial charge in [-0.3, -0.25) is 4.79 Å². The van der Waals surface area contributed by atoms with Crippen LogP contribution in [0.25, 0.3) is 0 Å². The highest BCUT2D eigenvalue weighted by Crippen LogP contribution is 2.29. The third kappa shape index (κ3) is 3.53. The standard InChI is InChI=1S/C20H24N2O2/c1-14(2)24-19-9-5-4-8-17(19)20(23)21-16-10-11-18-15(13-16)7-6-12-22(18)3/h4-5,8-11,13-14H,6-7,12H2,1-3H3,(H,21,23). The van der Waals surface area contributed by atoms with E-state index in [1.807, 2.05) is 38.1 Å². The van der Waals surface area contributed by atoms with E-state index in [0.717, 1.165) is 25.1 Å². The molecule has 0 atom stereocenters. The zero-order valence-electron chi connectivity index (χ0n) is 14.5. The molecule has 4 heteroatoms. The van der Waals surface area contributed by atoms with Gasteiger partial charge in [0.2, 0.25) is 0 Å². The molecule has 24 heavy (non-hydrogen) atoms. The number of amides is 1. The van der Waals surface area contributed by atoms with Crippen LogP contribution < -0.4 is 15.0 Å². The van der Waals surface area contributed by atoms with Crippen molar-refractivity contribution in [2.45, 2.75) is 32.8 Å². The normalized spacial score (nSPS) is 13.6. The molecule has 2 aromatic rings. The molecule has 0 fully saturated rings. The van der Waals surface area contributed by atoms with Crippen LogP contribution in [0.1, 0.15) is 36.2 Å². The van der Waals surface area contributed by atoms with Crippen molar-refractivity contribution in [3.05, 3.63) is 53.6 Å². The second-order valence-electron chi connectivity index (χ2n) is 6.49. The number of rotatable bonds is 4. The van der Waals surface area contributed by atoms with Crippen LogP contribution in [0, 0.1) is 0 Å². The Hall–Kier alpha value is -2.49. The molecule has 1 heterocycles. The van der Waals surface area contributed by atoms with E-state index >= 15 is 0 Å². The van der Waals surface area contributed by atoms with Gasteiger partial charge in [0.15, 0.2) is 0 Å². The lowest BCUT2D eigenvalue weighted by Gasteiger charge is -2.27. The fourth-order valence-corrected chi connectivity index (χ4v) is 3.07. The van der Waals surface area contributed by atoms with E-state index in [9.17, 15) is 4.79 Å². The number of para-hydroxylation sites is 1. The number of hydrogen-bond acceptors (Lipinski definition) is 3. The van der Waals surface area contributed by atoms with Crippen LogP contribution in [-0.2, 0) is 6.42 Å². The van der Waals surface area contributed by atoms with Crippen molar-refractivity contribution in [1.82, 2.24) is 0 Å².